The van der Waals surface area contributed by atoms with Crippen molar-refractivity contribution >= 4 is 38.8 Å². The van der Waals surface area contributed by atoms with E-state index in [2.05, 4.69) is 65.6 Å². The molecule has 0 unspecified atom stereocenters. The van der Waals surface area contributed by atoms with Gasteiger partial charge in [-0.2, -0.15) is 0 Å². The molecular formula is C25H17ClN2. The van der Waals surface area contributed by atoms with Gasteiger partial charge in [0.2, 0.25) is 0 Å². The van der Waals surface area contributed by atoms with Crippen molar-refractivity contribution in [3.63, 3.8) is 0 Å². The molecule has 1 heterocycles. The van der Waals surface area contributed by atoms with Crippen LogP contribution in [0.4, 0.5) is 5.69 Å². The molecule has 0 aliphatic carbocycles. The van der Waals surface area contributed by atoms with Gasteiger partial charge in [-0.05, 0) is 56.9 Å². The maximum Gasteiger partial charge on any atom is 0.0715 e. The normalized spacial score (nSPS) is 11.2. The van der Waals surface area contributed by atoms with E-state index in [4.69, 9.17) is 17.3 Å². The van der Waals surface area contributed by atoms with Crippen LogP contribution < -0.4 is 5.73 Å². The first-order chi connectivity index (χ1) is 13.7. The molecule has 134 valence electrons. The summed E-state index contributed by atoms with van der Waals surface area (Å²) in [5.74, 6) is 0. The van der Waals surface area contributed by atoms with Crippen LogP contribution in [0.2, 0.25) is 5.02 Å². The summed E-state index contributed by atoms with van der Waals surface area (Å²) in [7, 11) is 0. The van der Waals surface area contributed by atoms with E-state index in [1.54, 1.807) is 6.20 Å². The Morgan fingerprint density at radius 2 is 1.14 bits per heavy atom. The van der Waals surface area contributed by atoms with Gasteiger partial charge in [0.05, 0.1) is 10.7 Å². The van der Waals surface area contributed by atoms with Crippen molar-refractivity contribution in [2.45, 2.75) is 0 Å². The first-order valence-electron chi connectivity index (χ1n) is 9.13. The van der Waals surface area contributed by atoms with Crippen LogP contribution in [0.5, 0.6) is 0 Å². The fourth-order valence-corrected chi connectivity index (χ4v) is 4.00. The third-order valence-electron chi connectivity index (χ3n) is 5.11. The monoisotopic (exact) mass is 380 g/mol. The van der Waals surface area contributed by atoms with Gasteiger partial charge in [0.1, 0.15) is 0 Å². The highest BCUT2D eigenvalue weighted by Gasteiger charge is 2.16. The van der Waals surface area contributed by atoms with Crippen molar-refractivity contribution < 1.29 is 0 Å². The van der Waals surface area contributed by atoms with E-state index in [-0.39, 0.29) is 0 Å². The van der Waals surface area contributed by atoms with Gasteiger partial charge in [0.25, 0.3) is 0 Å². The molecule has 2 N–H and O–H groups in total. The predicted octanol–water partition coefficient (Wildman–Crippen LogP) is 6.96. The molecule has 28 heavy (non-hydrogen) atoms. The van der Waals surface area contributed by atoms with Crippen LogP contribution in [0.1, 0.15) is 0 Å². The van der Waals surface area contributed by atoms with Crippen molar-refractivity contribution in [3.8, 4) is 22.4 Å². The molecule has 0 fully saturated rings. The zero-order valence-electron chi connectivity index (χ0n) is 15.1. The van der Waals surface area contributed by atoms with E-state index in [0.717, 1.165) is 22.5 Å². The Bertz CT molecular complexity index is 1150. The van der Waals surface area contributed by atoms with Crippen molar-refractivity contribution in [1.82, 2.24) is 4.98 Å². The Hall–Kier alpha value is -3.36. The number of fused-ring (bicyclic) bond motifs is 2. The molecule has 0 saturated heterocycles. The summed E-state index contributed by atoms with van der Waals surface area (Å²) < 4.78 is 0. The molecule has 0 aliphatic rings. The fourth-order valence-electron chi connectivity index (χ4n) is 3.89. The topological polar surface area (TPSA) is 38.9 Å². The van der Waals surface area contributed by atoms with Gasteiger partial charge in [-0.15, -0.1) is 0 Å². The minimum atomic E-state index is 0.635. The summed E-state index contributed by atoms with van der Waals surface area (Å²) in [6.45, 7) is 0. The molecule has 2 nitrogen and oxygen atoms in total. The lowest BCUT2D eigenvalue weighted by atomic mass is 9.87. The first-order valence-corrected chi connectivity index (χ1v) is 9.51. The zero-order valence-corrected chi connectivity index (χ0v) is 15.8. The molecule has 3 heteroatoms. The van der Waals surface area contributed by atoms with Crippen LogP contribution in [-0.4, -0.2) is 4.98 Å². The third kappa shape index (κ3) is 2.70. The highest BCUT2D eigenvalue weighted by Crippen LogP contribution is 2.43. The second-order valence-corrected chi connectivity index (χ2v) is 7.26. The lowest BCUT2D eigenvalue weighted by Crippen LogP contribution is -1.92. The van der Waals surface area contributed by atoms with Gasteiger partial charge >= 0.3 is 0 Å². The Labute approximate surface area is 168 Å². The van der Waals surface area contributed by atoms with Gasteiger partial charge in [0.15, 0.2) is 0 Å². The number of halogens is 1. The van der Waals surface area contributed by atoms with Gasteiger partial charge in [0, 0.05) is 17.4 Å². The molecule has 0 bridgehead atoms. The average Bonchev–Trinajstić information content (AvgIpc) is 2.74. The lowest BCUT2D eigenvalue weighted by molar-refractivity contribution is 1.34. The van der Waals surface area contributed by atoms with Crippen molar-refractivity contribution in [2.24, 2.45) is 0 Å². The van der Waals surface area contributed by atoms with E-state index < -0.39 is 0 Å². The van der Waals surface area contributed by atoms with Crippen LogP contribution >= 0.6 is 11.6 Å². The Balaban J connectivity index is 1.96. The SMILES string of the molecule is Nc1ccc(-c2c3ccccc3c(-c3ccc(Cl)cn3)c3ccccc23)cc1. The summed E-state index contributed by atoms with van der Waals surface area (Å²) in [6, 6.07) is 28.9. The largest absolute Gasteiger partial charge is 0.399 e. The second kappa shape index (κ2) is 6.66. The molecule has 4 aromatic carbocycles. The maximum atomic E-state index is 6.08. The minimum Gasteiger partial charge on any atom is -0.399 e. The van der Waals surface area contributed by atoms with Crippen LogP contribution in [0.15, 0.2) is 91.1 Å². The molecule has 0 aliphatic heterocycles. The predicted molar refractivity (Wildman–Crippen MR) is 120 cm³/mol. The van der Waals surface area contributed by atoms with Crippen LogP contribution in [0, 0.1) is 0 Å². The molecule has 5 aromatic rings. The number of benzene rings is 4. The van der Waals surface area contributed by atoms with Gasteiger partial charge in [-0.1, -0.05) is 72.3 Å². The number of pyridine rings is 1. The van der Waals surface area contributed by atoms with Crippen LogP contribution in [-0.2, 0) is 0 Å². The number of rotatable bonds is 2. The molecule has 0 radical (unpaired) electrons. The van der Waals surface area contributed by atoms with E-state index in [0.29, 0.717) is 5.02 Å². The first kappa shape index (κ1) is 16.8. The van der Waals surface area contributed by atoms with Crippen LogP contribution in [0.25, 0.3) is 43.9 Å². The number of hydrogen-bond acceptors (Lipinski definition) is 2. The quantitative estimate of drug-likeness (QED) is 0.265. The number of hydrogen-bond donors (Lipinski definition) is 1. The minimum absolute atomic E-state index is 0.635. The van der Waals surface area contributed by atoms with E-state index >= 15 is 0 Å². The average molecular weight is 381 g/mol. The Morgan fingerprint density at radius 1 is 0.607 bits per heavy atom. The summed E-state index contributed by atoms with van der Waals surface area (Å²) in [5, 5.41) is 5.36. The van der Waals surface area contributed by atoms with E-state index in [1.807, 2.05) is 24.3 Å². The van der Waals surface area contributed by atoms with Gasteiger partial charge < -0.3 is 5.73 Å². The molecule has 0 saturated carbocycles. The highest BCUT2D eigenvalue weighted by atomic mass is 35.5. The maximum absolute atomic E-state index is 6.08. The number of nitrogens with two attached hydrogens (primary N) is 1. The number of nitrogens with zero attached hydrogens (tertiary/aromatic N) is 1. The molecule has 5 rings (SSSR count). The zero-order chi connectivity index (χ0) is 19.1. The molecule has 0 amide bonds. The van der Waals surface area contributed by atoms with Crippen LogP contribution in [0.3, 0.4) is 0 Å². The molecule has 0 atom stereocenters. The van der Waals surface area contributed by atoms with E-state index in [9.17, 15) is 0 Å². The molecule has 0 spiro atoms. The Morgan fingerprint density at radius 3 is 1.64 bits per heavy atom. The number of anilines is 1. The summed E-state index contributed by atoms with van der Waals surface area (Å²) in [5.41, 5.74) is 11.1. The van der Waals surface area contributed by atoms with E-state index in [1.165, 1.54) is 27.1 Å². The summed E-state index contributed by atoms with van der Waals surface area (Å²) in [6.07, 6.45) is 1.70. The van der Waals surface area contributed by atoms with Crippen molar-refractivity contribution in [2.75, 3.05) is 5.73 Å². The Kier molecular flexibility index (Phi) is 4.00. The number of aromatic nitrogens is 1. The summed E-state index contributed by atoms with van der Waals surface area (Å²) >= 11 is 6.08. The fraction of sp³-hybridized carbons (Fsp3) is 0. The molecular weight excluding hydrogens is 364 g/mol. The smallest absolute Gasteiger partial charge is 0.0715 e. The van der Waals surface area contributed by atoms with Gasteiger partial charge in [-0.25, -0.2) is 0 Å². The third-order valence-corrected chi connectivity index (χ3v) is 5.34. The van der Waals surface area contributed by atoms with Crippen molar-refractivity contribution in [3.05, 3.63) is 96.1 Å². The second-order valence-electron chi connectivity index (χ2n) is 6.82. The standard InChI is InChI=1S/C25H17ClN2/c26-17-11-14-23(28-15-17)25-21-7-3-1-5-19(21)24(16-9-12-18(27)13-10-16)20-6-2-4-8-22(20)25/h1-15H,27H2. The molecule has 1 aromatic heterocycles. The lowest BCUT2D eigenvalue weighted by Gasteiger charge is -2.17. The van der Waals surface area contributed by atoms with Gasteiger partial charge in [-0.3, -0.25) is 4.98 Å². The summed E-state index contributed by atoms with van der Waals surface area (Å²) in [4.78, 5) is 4.61. The van der Waals surface area contributed by atoms with Crippen molar-refractivity contribution in [1.29, 1.82) is 0 Å². The highest BCUT2D eigenvalue weighted by molar-refractivity contribution is 6.30. The number of nitrogen functional groups attached to an aromatic ring is 1.